The molecule has 0 fully saturated rings. The fourth-order valence-corrected chi connectivity index (χ4v) is 1.44. The summed E-state index contributed by atoms with van der Waals surface area (Å²) in [6.07, 6.45) is -3.82. The van der Waals surface area contributed by atoms with Crippen LogP contribution in [-0.2, 0) is 0 Å². The summed E-state index contributed by atoms with van der Waals surface area (Å²) in [7, 11) is 0. The number of thioether (sulfide) groups is 1. The summed E-state index contributed by atoms with van der Waals surface area (Å²) in [5, 5.41) is -0.191. The van der Waals surface area contributed by atoms with Gasteiger partial charge in [-0.05, 0) is 11.8 Å². The number of hydrogen-bond acceptors (Lipinski definition) is 3. The lowest BCUT2D eigenvalue weighted by Gasteiger charge is -2.07. The van der Waals surface area contributed by atoms with E-state index in [0.29, 0.717) is 5.75 Å². The summed E-state index contributed by atoms with van der Waals surface area (Å²) in [4.78, 5) is 0.129. The average molecular weight is 247 g/mol. The van der Waals surface area contributed by atoms with Gasteiger partial charge in [-0.25, -0.2) is 0 Å². The van der Waals surface area contributed by atoms with E-state index in [2.05, 4.69) is 0 Å². The molecule has 0 saturated carbocycles. The molecule has 0 spiro atoms. The molecule has 0 amide bonds. The van der Waals surface area contributed by atoms with Gasteiger partial charge in [0.2, 0.25) is 0 Å². The van der Waals surface area contributed by atoms with Gasteiger partial charge in [-0.2, -0.15) is 13.2 Å². The van der Waals surface area contributed by atoms with E-state index in [-0.39, 0.29) is 10.1 Å². The molecular weight excluding hydrogens is 237 g/mol. The minimum Gasteiger partial charge on any atom is -0.395 e. The quantitative estimate of drug-likeness (QED) is 0.594. The van der Waals surface area contributed by atoms with Crippen molar-refractivity contribution in [1.29, 1.82) is 0 Å². The summed E-state index contributed by atoms with van der Waals surface area (Å²) in [6, 6.07) is 0. The SMILES string of the molecule is CCSC(/C=C(\N)C(F)(F)F)=C(/N)Cl. The average Bonchev–Trinajstić information content (AvgIpc) is 2.01. The Morgan fingerprint density at radius 3 is 2.21 bits per heavy atom. The molecule has 0 unspecified atom stereocenters. The molecule has 82 valence electrons. The third-order valence-electron chi connectivity index (χ3n) is 1.15. The molecule has 0 aromatic heterocycles. The van der Waals surface area contributed by atoms with Crippen molar-refractivity contribution in [2.75, 3.05) is 5.75 Å². The maximum Gasteiger partial charge on any atom is 0.430 e. The van der Waals surface area contributed by atoms with Crippen molar-refractivity contribution in [1.82, 2.24) is 0 Å². The number of allylic oxidation sites excluding steroid dienone is 2. The zero-order chi connectivity index (χ0) is 11.4. The molecule has 0 aromatic carbocycles. The first-order valence-corrected chi connectivity index (χ1v) is 4.97. The summed E-state index contributed by atoms with van der Waals surface area (Å²) < 4.78 is 36.0. The van der Waals surface area contributed by atoms with Gasteiger partial charge in [0.1, 0.15) is 10.9 Å². The smallest absolute Gasteiger partial charge is 0.395 e. The first-order chi connectivity index (χ1) is 6.29. The van der Waals surface area contributed by atoms with Crippen molar-refractivity contribution in [2.45, 2.75) is 13.1 Å². The Kier molecular flexibility index (Phi) is 5.22. The normalized spacial score (nSPS) is 15.4. The second-order valence-corrected chi connectivity index (χ2v) is 3.96. The van der Waals surface area contributed by atoms with Crippen LogP contribution in [0.3, 0.4) is 0 Å². The fraction of sp³-hybridized carbons (Fsp3) is 0.429. The van der Waals surface area contributed by atoms with E-state index in [1.54, 1.807) is 6.92 Å². The van der Waals surface area contributed by atoms with Crippen LogP contribution < -0.4 is 11.5 Å². The molecule has 0 aliphatic carbocycles. The Bertz CT molecular complexity index is 256. The Morgan fingerprint density at radius 1 is 1.43 bits per heavy atom. The van der Waals surface area contributed by atoms with Crippen LogP contribution in [0.2, 0.25) is 0 Å². The largest absolute Gasteiger partial charge is 0.430 e. The van der Waals surface area contributed by atoms with Gasteiger partial charge in [0, 0.05) is 4.91 Å². The molecule has 4 N–H and O–H groups in total. The molecule has 2 nitrogen and oxygen atoms in total. The standard InChI is InChI=1S/C7H10ClF3N2S/c1-2-14-4(6(8)13)3-5(12)7(9,10)11/h3H,2,12-13H2,1H3/b5-3-,6-4+. The third kappa shape index (κ3) is 4.66. The van der Waals surface area contributed by atoms with Crippen LogP contribution in [0, 0.1) is 0 Å². The van der Waals surface area contributed by atoms with Crippen molar-refractivity contribution >= 4 is 23.4 Å². The van der Waals surface area contributed by atoms with Gasteiger partial charge < -0.3 is 11.5 Å². The number of halogens is 4. The topological polar surface area (TPSA) is 52.0 Å². The lowest BCUT2D eigenvalue weighted by Crippen LogP contribution is -2.19. The lowest BCUT2D eigenvalue weighted by molar-refractivity contribution is -0.0926. The minimum atomic E-state index is -4.55. The van der Waals surface area contributed by atoms with Crippen LogP contribution in [0.5, 0.6) is 0 Å². The van der Waals surface area contributed by atoms with E-state index in [1.165, 1.54) is 0 Å². The van der Waals surface area contributed by atoms with Crippen molar-refractivity contribution in [3.05, 3.63) is 21.8 Å². The van der Waals surface area contributed by atoms with Gasteiger partial charge in [-0.1, -0.05) is 18.5 Å². The van der Waals surface area contributed by atoms with E-state index in [4.69, 9.17) is 23.1 Å². The van der Waals surface area contributed by atoms with Crippen LogP contribution in [0.25, 0.3) is 0 Å². The predicted octanol–water partition coefficient (Wildman–Crippen LogP) is 2.51. The van der Waals surface area contributed by atoms with Gasteiger partial charge in [-0.3, -0.25) is 0 Å². The molecule has 0 saturated heterocycles. The van der Waals surface area contributed by atoms with Gasteiger partial charge in [0.15, 0.2) is 0 Å². The number of nitrogens with two attached hydrogens (primary N) is 2. The fourth-order valence-electron chi connectivity index (χ4n) is 0.558. The van der Waals surface area contributed by atoms with Gasteiger partial charge in [0.25, 0.3) is 0 Å². The highest BCUT2D eigenvalue weighted by Gasteiger charge is 2.31. The summed E-state index contributed by atoms with van der Waals surface area (Å²) in [5.41, 5.74) is 8.75. The minimum absolute atomic E-state index is 0.129. The molecule has 0 heterocycles. The van der Waals surface area contributed by atoms with E-state index >= 15 is 0 Å². The summed E-state index contributed by atoms with van der Waals surface area (Å²) in [5.74, 6) is 0.560. The highest BCUT2D eigenvalue weighted by molar-refractivity contribution is 8.03. The number of alkyl halides is 3. The first-order valence-electron chi connectivity index (χ1n) is 3.61. The predicted molar refractivity (Wildman–Crippen MR) is 53.5 cm³/mol. The maximum absolute atomic E-state index is 12.0. The van der Waals surface area contributed by atoms with Crippen LogP contribution >= 0.6 is 23.4 Å². The molecule has 7 heteroatoms. The molecular formula is C7H10ClF3N2S. The van der Waals surface area contributed by atoms with Crippen LogP contribution in [0.1, 0.15) is 6.92 Å². The zero-order valence-electron chi connectivity index (χ0n) is 7.36. The molecule has 0 bridgehead atoms. The second-order valence-electron chi connectivity index (χ2n) is 2.24. The van der Waals surface area contributed by atoms with E-state index in [0.717, 1.165) is 17.8 Å². The van der Waals surface area contributed by atoms with Gasteiger partial charge in [0.05, 0.1) is 0 Å². The van der Waals surface area contributed by atoms with Crippen LogP contribution in [0.15, 0.2) is 21.8 Å². The Hall–Kier alpha value is -0.490. The van der Waals surface area contributed by atoms with E-state index in [9.17, 15) is 13.2 Å². The Morgan fingerprint density at radius 2 is 1.93 bits per heavy atom. The highest BCUT2D eigenvalue weighted by Crippen LogP contribution is 2.27. The molecule has 0 radical (unpaired) electrons. The highest BCUT2D eigenvalue weighted by atomic mass is 35.5. The van der Waals surface area contributed by atoms with Crippen molar-refractivity contribution < 1.29 is 13.2 Å². The van der Waals surface area contributed by atoms with Gasteiger partial charge >= 0.3 is 6.18 Å². The Balaban J connectivity index is 4.85. The maximum atomic E-state index is 12.0. The molecule has 14 heavy (non-hydrogen) atoms. The number of rotatable bonds is 3. The summed E-state index contributed by atoms with van der Waals surface area (Å²) >= 11 is 6.48. The van der Waals surface area contributed by atoms with Gasteiger partial charge in [-0.15, -0.1) is 11.8 Å². The van der Waals surface area contributed by atoms with Crippen LogP contribution in [-0.4, -0.2) is 11.9 Å². The molecule has 0 aromatic rings. The number of hydrogen-bond donors (Lipinski definition) is 2. The lowest BCUT2D eigenvalue weighted by atomic mass is 10.4. The first kappa shape index (κ1) is 13.5. The summed E-state index contributed by atoms with van der Waals surface area (Å²) in [6.45, 7) is 1.77. The van der Waals surface area contributed by atoms with Crippen molar-refractivity contribution in [3.63, 3.8) is 0 Å². The molecule has 0 aliphatic rings. The van der Waals surface area contributed by atoms with E-state index < -0.39 is 11.9 Å². The second kappa shape index (κ2) is 5.41. The van der Waals surface area contributed by atoms with E-state index in [1.807, 2.05) is 0 Å². The molecule has 0 aliphatic heterocycles. The van der Waals surface area contributed by atoms with Crippen molar-refractivity contribution in [3.8, 4) is 0 Å². The third-order valence-corrected chi connectivity index (χ3v) is 2.40. The van der Waals surface area contributed by atoms with Crippen LogP contribution in [0.4, 0.5) is 13.2 Å². The Labute approximate surface area is 89.2 Å². The molecule has 0 atom stereocenters. The monoisotopic (exact) mass is 246 g/mol. The molecule has 0 rings (SSSR count). The zero-order valence-corrected chi connectivity index (χ0v) is 8.93. The van der Waals surface area contributed by atoms with Crippen molar-refractivity contribution in [2.24, 2.45) is 11.5 Å².